The molecule has 1 atom stereocenters. The van der Waals surface area contributed by atoms with Crippen LogP contribution in [0, 0.1) is 8.80 Å². The van der Waals surface area contributed by atoms with Crippen molar-refractivity contribution in [1.82, 2.24) is 4.90 Å². The van der Waals surface area contributed by atoms with Crippen molar-refractivity contribution >= 4 is 39.8 Å². The van der Waals surface area contributed by atoms with Crippen LogP contribution in [0.1, 0.15) is 30.1 Å². The number of carbonyl (C=O) groups is 1. The van der Waals surface area contributed by atoms with Crippen molar-refractivity contribution in [3.8, 4) is 0 Å². The molecule has 1 aromatic rings. The molecule has 1 unspecified atom stereocenters. The van der Waals surface area contributed by atoms with Gasteiger partial charge in [0, 0.05) is 18.5 Å². The van der Waals surface area contributed by atoms with Crippen molar-refractivity contribution < 1.29 is 4.79 Å². The summed E-state index contributed by atoms with van der Waals surface area (Å²) in [6, 6.07) is 1.98. The van der Waals surface area contributed by atoms with E-state index in [1.54, 1.807) is 11.3 Å². The lowest BCUT2D eigenvalue weighted by Crippen LogP contribution is -2.38. The fourth-order valence-corrected chi connectivity index (χ4v) is 3.30. The normalized spacial score (nSPS) is 21.7. The van der Waals surface area contributed by atoms with Gasteiger partial charge in [-0.3, -0.25) is 4.79 Å². The molecule has 1 aliphatic rings. The molecule has 0 aromatic carbocycles. The SMILES string of the molecule is CC1CCCN(C(=O)c2csc(I)c2)C1. The van der Waals surface area contributed by atoms with E-state index in [0.29, 0.717) is 5.92 Å². The van der Waals surface area contributed by atoms with Gasteiger partial charge in [0.1, 0.15) is 0 Å². The van der Waals surface area contributed by atoms with Crippen molar-refractivity contribution in [2.75, 3.05) is 13.1 Å². The molecule has 2 nitrogen and oxygen atoms in total. The first kappa shape index (κ1) is 11.4. The standard InChI is InChI=1S/C11H14INOS/c1-8-3-2-4-13(6-8)11(14)9-5-10(12)15-7-9/h5,7-8H,2-4,6H2,1H3. The highest BCUT2D eigenvalue weighted by Gasteiger charge is 2.22. The lowest BCUT2D eigenvalue weighted by Gasteiger charge is -2.30. The number of piperidine rings is 1. The summed E-state index contributed by atoms with van der Waals surface area (Å²) in [4.78, 5) is 14.1. The van der Waals surface area contributed by atoms with Gasteiger partial charge in [0.25, 0.3) is 5.91 Å². The zero-order valence-electron chi connectivity index (χ0n) is 8.70. The molecule has 4 heteroatoms. The molecule has 82 valence electrons. The summed E-state index contributed by atoms with van der Waals surface area (Å²) < 4.78 is 1.18. The Kier molecular flexibility index (Phi) is 3.66. The van der Waals surface area contributed by atoms with Crippen molar-refractivity contribution in [2.45, 2.75) is 19.8 Å². The molecule has 1 fully saturated rings. The largest absolute Gasteiger partial charge is 0.338 e. The van der Waals surface area contributed by atoms with E-state index in [0.717, 1.165) is 25.1 Å². The highest BCUT2D eigenvalue weighted by Crippen LogP contribution is 2.21. The van der Waals surface area contributed by atoms with Crippen LogP contribution in [0.5, 0.6) is 0 Å². The van der Waals surface area contributed by atoms with Gasteiger partial charge in [-0.2, -0.15) is 0 Å². The van der Waals surface area contributed by atoms with Crippen LogP contribution >= 0.6 is 33.9 Å². The van der Waals surface area contributed by atoms with E-state index in [4.69, 9.17) is 0 Å². The van der Waals surface area contributed by atoms with E-state index in [2.05, 4.69) is 29.5 Å². The summed E-state index contributed by atoms with van der Waals surface area (Å²) in [5.74, 6) is 0.862. The number of rotatable bonds is 1. The van der Waals surface area contributed by atoms with E-state index in [9.17, 15) is 4.79 Å². The maximum Gasteiger partial charge on any atom is 0.254 e. The number of likely N-dealkylation sites (tertiary alicyclic amines) is 1. The molecule has 0 spiro atoms. The first-order chi connectivity index (χ1) is 7.16. The molecule has 1 saturated heterocycles. The van der Waals surface area contributed by atoms with E-state index >= 15 is 0 Å². The molecular formula is C11H14INOS. The third-order valence-corrected chi connectivity index (χ3v) is 4.55. The third-order valence-electron chi connectivity index (χ3n) is 2.76. The van der Waals surface area contributed by atoms with Gasteiger partial charge < -0.3 is 4.90 Å². The molecular weight excluding hydrogens is 321 g/mol. The Hall–Kier alpha value is -0.100. The molecule has 0 bridgehead atoms. The number of thiophene rings is 1. The zero-order valence-corrected chi connectivity index (χ0v) is 11.7. The smallest absolute Gasteiger partial charge is 0.254 e. The van der Waals surface area contributed by atoms with E-state index in [-0.39, 0.29) is 5.91 Å². The van der Waals surface area contributed by atoms with Gasteiger partial charge in [-0.25, -0.2) is 0 Å². The molecule has 1 aliphatic heterocycles. The van der Waals surface area contributed by atoms with Crippen molar-refractivity contribution in [3.05, 3.63) is 19.9 Å². The Balaban J connectivity index is 2.07. The van der Waals surface area contributed by atoms with Crippen LogP contribution in [0.4, 0.5) is 0 Å². The Morgan fingerprint density at radius 2 is 2.47 bits per heavy atom. The fraction of sp³-hybridized carbons (Fsp3) is 0.545. The number of hydrogen-bond acceptors (Lipinski definition) is 2. The van der Waals surface area contributed by atoms with Gasteiger partial charge in [-0.15, -0.1) is 11.3 Å². The minimum Gasteiger partial charge on any atom is -0.338 e. The molecule has 1 amide bonds. The number of halogens is 1. The number of amides is 1. The van der Waals surface area contributed by atoms with Crippen molar-refractivity contribution in [2.24, 2.45) is 5.92 Å². The predicted octanol–water partition coefficient (Wildman–Crippen LogP) is 3.22. The average Bonchev–Trinajstić information content (AvgIpc) is 2.64. The Morgan fingerprint density at radius 1 is 1.67 bits per heavy atom. The first-order valence-electron chi connectivity index (χ1n) is 5.20. The van der Waals surface area contributed by atoms with Gasteiger partial charge in [0.05, 0.1) is 8.45 Å². The number of carbonyl (C=O) groups excluding carboxylic acids is 1. The fourth-order valence-electron chi connectivity index (χ4n) is 1.98. The highest BCUT2D eigenvalue weighted by molar-refractivity contribution is 14.1. The second-order valence-corrected chi connectivity index (χ2v) is 6.94. The monoisotopic (exact) mass is 335 g/mol. The maximum absolute atomic E-state index is 12.1. The second kappa shape index (κ2) is 4.82. The average molecular weight is 335 g/mol. The first-order valence-corrected chi connectivity index (χ1v) is 7.16. The van der Waals surface area contributed by atoms with Crippen LogP contribution in [0.2, 0.25) is 0 Å². The van der Waals surface area contributed by atoms with Crippen LogP contribution < -0.4 is 0 Å². The molecule has 2 rings (SSSR count). The lowest BCUT2D eigenvalue weighted by molar-refractivity contribution is 0.0683. The molecule has 0 radical (unpaired) electrons. The minimum absolute atomic E-state index is 0.209. The second-order valence-electron chi connectivity index (χ2n) is 4.14. The Morgan fingerprint density at radius 3 is 3.07 bits per heavy atom. The molecule has 2 heterocycles. The van der Waals surface area contributed by atoms with Crippen molar-refractivity contribution in [1.29, 1.82) is 0 Å². The van der Waals surface area contributed by atoms with Gasteiger partial charge in [0.15, 0.2) is 0 Å². The van der Waals surface area contributed by atoms with E-state index in [1.807, 2.05) is 16.3 Å². The van der Waals surface area contributed by atoms with Crippen LogP contribution in [0.25, 0.3) is 0 Å². The topological polar surface area (TPSA) is 20.3 Å². The Labute approximate surface area is 108 Å². The van der Waals surface area contributed by atoms with E-state index in [1.165, 1.54) is 9.30 Å². The van der Waals surface area contributed by atoms with Gasteiger partial charge in [-0.05, 0) is 47.4 Å². The summed E-state index contributed by atoms with van der Waals surface area (Å²) in [7, 11) is 0. The molecule has 15 heavy (non-hydrogen) atoms. The molecule has 0 saturated carbocycles. The zero-order chi connectivity index (χ0) is 10.8. The Bertz CT molecular complexity index is 363. The van der Waals surface area contributed by atoms with Crippen LogP contribution in [0.15, 0.2) is 11.4 Å². The third kappa shape index (κ3) is 2.72. The van der Waals surface area contributed by atoms with Gasteiger partial charge >= 0.3 is 0 Å². The molecule has 0 aliphatic carbocycles. The number of nitrogens with zero attached hydrogens (tertiary/aromatic N) is 1. The predicted molar refractivity (Wildman–Crippen MR) is 71.3 cm³/mol. The highest BCUT2D eigenvalue weighted by atomic mass is 127. The van der Waals surface area contributed by atoms with Crippen LogP contribution in [0.3, 0.4) is 0 Å². The minimum atomic E-state index is 0.209. The van der Waals surface area contributed by atoms with Crippen LogP contribution in [-0.2, 0) is 0 Å². The maximum atomic E-state index is 12.1. The van der Waals surface area contributed by atoms with Gasteiger partial charge in [-0.1, -0.05) is 6.92 Å². The number of hydrogen-bond donors (Lipinski definition) is 0. The summed E-state index contributed by atoms with van der Waals surface area (Å²) in [5.41, 5.74) is 0.860. The van der Waals surface area contributed by atoms with Gasteiger partial charge in [0.2, 0.25) is 0 Å². The summed E-state index contributed by atoms with van der Waals surface area (Å²) in [5, 5.41) is 1.96. The van der Waals surface area contributed by atoms with Crippen LogP contribution in [-0.4, -0.2) is 23.9 Å². The molecule has 1 aromatic heterocycles. The summed E-state index contributed by atoms with van der Waals surface area (Å²) in [6.07, 6.45) is 2.40. The van der Waals surface area contributed by atoms with Crippen molar-refractivity contribution in [3.63, 3.8) is 0 Å². The quantitative estimate of drug-likeness (QED) is 0.722. The summed E-state index contributed by atoms with van der Waals surface area (Å²) in [6.45, 7) is 4.07. The van der Waals surface area contributed by atoms with E-state index < -0.39 is 0 Å². The summed E-state index contributed by atoms with van der Waals surface area (Å²) >= 11 is 3.89. The lowest BCUT2D eigenvalue weighted by atomic mass is 10.00. The molecule has 0 N–H and O–H groups in total.